The highest BCUT2D eigenvalue weighted by molar-refractivity contribution is 5.71. The van der Waals surface area contributed by atoms with Crippen LogP contribution in [0.25, 0.3) is 0 Å². The number of carbonyl (C=O) groups is 3. The smallest absolute Gasteiger partial charge is 0.306 e. The van der Waals surface area contributed by atoms with E-state index >= 15 is 0 Å². The van der Waals surface area contributed by atoms with Crippen molar-refractivity contribution in [2.45, 2.75) is 322 Å². The second-order valence-corrected chi connectivity index (χ2v) is 22.3. The highest BCUT2D eigenvalue weighted by atomic mass is 16.6. The third-order valence-corrected chi connectivity index (χ3v) is 14.4. The van der Waals surface area contributed by atoms with E-state index in [0.29, 0.717) is 19.3 Å². The van der Waals surface area contributed by atoms with E-state index in [-0.39, 0.29) is 31.1 Å². The average molecular weight is 1120 g/mol. The molecule has 0 saturated carbocycles. The Labute approximate surface area is 501 Å². The summed E-state index contributed by atoms with van der Waals surface area (Å²) >= 11 is 0. The fraction of sp³-hybridized carbons (Fsp3) is 0.693. The maximum Gasteiger partial charge on any atom is 0.306 e. The first-order valence-corrected chi connectivity index (χ1v) is 34.0. The number of carbonyl (C=O) groups excluding carboxylic acids is 3. The molecule has 0 rings (SSSR count). The topological polar surface area (TPSA) is 78.9 Å². The van der Waals surface area contributed by atoms with Crippen molar-refractivity contribution in [3.8, 4) is 0 Å². The average Bonchev–Trinajstić information content (AvgIpc) is 3.47. The predicted molar refractivity (Wildman–Crippen MR) is 353 cm³/mol. The van der Waals surface area contributed by atoms with Gasteiger partial charge in [-0.05, 0) is 135 Å². The number of hydrogen-bond acceptors (Lipinski definition) is 6. The van der Waals surface area contributed by atoms with E-state index in [0.717, 1.165) is 135 Å². The lowest BCUT2D eigenvalue weighted by Gasteiger charge is -2.18. The van der Waals surface area contributed by atoms with Gasteiger partial charge in [-0.3, -0.25) is 14.4 Å². The quantitative estimate of drug-likeness (QED) is 0.0261. The summed E-state index contributed by atoms with van der Waals surface area (Å²) in [6.45, 7) is 6.49. The van der Waals surface area contributed by atoms with Crippen molar-refractivity contribution in [3.63, 3.8) is 0 Å². The molecule has 0 heterocycles. The number of rotatable bonds is 61. The summed E-state index contributed by atoms with van der Waals surface area (Å²) in [5.74, 6) is -0.915. The minimum absolute atomic E-state index is 0.0926. The maximum absolute atomic E-state index is 12.9. The van der Waals surface area contributed by atoms with Crippen molar-refractivity contribution >= 4 is 17.9 Å². The van der Waals surface area contributed by atoms with Crippen LogP contribution in [0.4, 0.5) is 0 Å². The Hall–Kier alpha value is -4.19. The molecule has 0 aliphatic rings. The molecule has 81 heavy (non-hydrogen) atoms. The molecule has 0 saturated heterocycles. The monoisotopic (exact) mass is 1120 g/mol. The van der Waals surface area contributed by atoms with Crippen LogP contribution in [0.2, 0.25) is 0 Å². The first-order chi connectivity index (χ1) is 40.0. The summed E-state index contributed by atoms with van der Waals surface area (Å²) in [6, 6.07) is 0. The number of hydrogen-bond donors (Lipinski definition) is 0. The highest BCUT2D eigenvalue weighted by Gasteiger charge is 2.19. The summed E-state index contributed by atoms with van der Waals surface area (Å²) in [6.07, 6.45) is 94.9. The molecule has 0 N–H and O–H groups in total. The van der Waals surface area contributed by atoms with Crippen LogP contribution in [0.1, 0.15) is 316 Å². The normalized spacial score (nSPS) is 12.9. The van der Waals surface area contributed by atoms with Gasteiger partial charge in [-0.2, -0.15) is 0 Å². The van der Waals surface area contributed by atoms with E-state index in [1.54, 1.807) is 0 Å². The zero-order valence-corrected chi connectivity index (χ0v) is 53.0. The molecule has 0 amide bonds. The number of esters is 3. The van der Waals surface area contributed by atoms with Crippen molar-refractivity contribution in [1.29, 1.82) is 0 Å². The van der Waals surface area contributed by atoms with Gasteiger partial charge in [0, 0.05) is 19.3 Å². The van der Waals surface area contributed by atoms with Crippen LogP contribution >= 0.6 is 0 Å². The Balaban J connectivity index is 4.43. The first-order valence-electron chi connectivity index (χ1n) is 34.0. The minimum atomic E-state index is -0.799. The third-order valence-electron chi connectivity index (χ3n) is 14.4. The minimum Gasteiger partial charge on any atom is -0.462 e. The molecule has 0 bridgehead atoms. The van der Waals surface area contributed by atoms with E-state index in [4.69, 9.17) is 14.2 Å². The van der Waals surface area contributed by atoms with Crippen LogP contribution < -0.4 is 0 Å². The van der Waals surface area contributed by atoms with Gasteiger partial charge in [-0.15, -0.1) is 0 Å². The second-order valence-electron chi connectivity index (χ2n) is 22.3. The van der Waals surface area contributed by atoms with Gasteiger partial charge in [0.2, 0.25) is 0 Å². The van der Waals surface area contributed by atoms with Crippen LogP contribution in [-0.2, 0) is 28.6 Å². The van der Waals surface area contributed by atoms with E-state index < -0.39 is 6.10 Å². The molecule has 0 spiro atoms. The SMILES string of the molecule is CC/C=C\C/C=C\C/C=C\C/C=C\C/C=C\CCCCCCCC(=O)OC(COC(=O)CCCCCCCCC/C=C\C/C=C\CCCCC)COC(=O)CCCCCCCCCCCC/C=C\C/C=C\C/C=C\CCCCCCC. The van der Waals surface area contributed by atoms with Gasteiger partial charge in [0.1, 0.15) is 13.2 Å². The van der Waals surface area contributed by atoms with Crippen LogP contribution in [0, 0.1) is 0 Å². The van der Waals surface area contributed by atoms with Gasteiger partial charge in [-0.1, -0.05) is 284 Å². The van der Waals surface area contributed by atoms with Gasteiger partial charge in [0.25, 0.3) is 0 Å². The summed E-state index contributed by atoms with van der Waals surface area (Å²) in [7, 11) is 0. The molecule has 0 fully saturated rings. The van der Waals surface area contributed by atoms with E-state index in [2.05, 4.69) is 142 Å². The van der Waals surface area contributed by atoms with Gasteiger partial charge in [-0.25, -0.2) is 0 Å². The third kappa shape index (κ3) is 66.5. The lowest BCUT2D eigenvalue weighted by atomic mass is 10.1. The number of unbranched alkanes of at least 4 members (excludes halogenated alkanes) is 30. The second kappa shape index (κ2) is 68.3. The van der Waals surface area contributed by atoms with Crippen molar-refractivity contribution in [1.82, 2.24) is 0 Å². The Morgan fingerprint density at radius 1 is 0.259 bits per heavy atom. The molecule has 6 nitrogen and oxygen atoms in total. The molecule has 0 aliphatic carbocycles. The predicted octanol–water partition coefficient (Wildman–Crippen LogP) is 23.6. The molecule has 462 valence electrons. The lowest BCUT2D eigenvalue weighted by molar-refractivity contribution is -0.167. The molecule has 6 heteroatoms. The largest absolute Gasteiger partial charge is 0.462 e. The van der Waals surface area contributed by atoms with Gasteiger partial charge < -0.3 is 14.2 Å². The van der Waals surface area contributed by atoms with Crippen molar-refractivity contribution in [2.75, 3.05) is 13.2 Å². The maximum atomic E-state index is 12.9. The van der Waals surface area contributed by atoms with Gasteiger partial charge in [0.05, 0.1) is 0 Å². The summed E-state index contributed by atoms with van der Waals surface area (Å²) in [5.41, 5.74) is 0. The molecular formula is C75H126O6. The van der Waals surface area contributed by atoms with Crippen molar-refractivity contribution in [3.05, 3.63) is 122 Å². The van der Waals surface area contributed by atoms with Crippen LogP contribution in [0.3, 0.4) is 0 Å². The number of allylic oxidation sites excluding steroid dienone is 20. The highest BCUT2D eigenvalue weighted by Crippen LogP contribution is 2.16. The number of ether oxygens (including phenoxy) is 3. The first kappa shape index (κ1) is 76.8. The summed E-state index contributed by atoms with van der Waals surface area (Å²) in [4.78, 5) is 38.4. The standard InChI is InChI=1S/C75H126O6/c1-4-7-10-13-16-19-22-25-28-31-33-35-36-37-38-40-41-44-47-50-53-56-59-62-65-68-74(77)80-71-72(70-79-73(76)67-64-61-58-55-52-49-46-43-30-27-24-21-18-15-12-9-6-3)81-75(78)69-66-63-60-57-54-51-48-45-42-39-34-32-29-26-23-20-17-14-11-8-5-2/h8,11,17-18,20-22,25-27,29-31,33-34,36-37,39,45,48,72H,4-7,9-10,12-16,19,23-24,28,32,35,38,40-44,46-47,49-71H2,1-3H3/b11-8-,20-17-,21-18-,25-22-,29-26-,30-27-,33-31-,37-36-,39-34-,48-45-. The van der Waals surface area contributed by atoms with Gasteiger partial charge >= 0.3 is 17.9 Å². The molecule has 0 radical (unpaired) electrons. The van der Waals surface area contributed by atoms with Crippen molar-refractivity contribution in [2.24, 2.45) is 0 Å². The Morgan fingerprint density at radius 3 is 0.778 bits per heavy atom. The molecular weight excluding hydrogens is 997 g/mol. The summed E-state index contributed by atoms with van der Waals surface area (Å²) < 4.78 is 17.0. The Bertz CT molecular complexity index is 1670. The molecule has 0 aliphatic heterocycles. The molecule has 0 aromatic heterocycles. The molecule has 1 atom stereocenters. The zero-order valence-electron chi connectivity index (χ0n) is 53.0. The summed E-state index contributed by atoms with van der Waals surface area (Å²) in [5, 5.41) is 0. The van der Waals surface area contributed by atoms with E-state index in [1.165, 1.54) is 141 Å². The molecule has 0 aromatic carbocycles. The van der Waals surface area contributed by atoms with Crippen LogP contribution in [0.5, 0.6) is 0 Å². The van der Waals surface area contributed by atoms with E-state index in [9.17, 15) is 14.4 Å². The van der Waals surface area contributed by atoms with Gasteiger partial charge in [0.15, 0.2) is 6.10 Å². The Kier molecular flexibility index (Phi) is 64.8. The fourth-order valence-electron chi connectivity index (χ4n) is 9.33. The molecule has 1 unspecified atom stereocenters. The lowest BCUT2D eigenvalue weighted by Crippen LogP contribution is -2.30. The molecule has 0 aromatic rings. The zero-order chi connectivity index (χ0) is 58.5. The van der Waals surface area contributed by atoms with E-state index in [1.807, 2.05) is 0 Å². The fourth-order valence-corrected chi connectivity index (χ4v) is 9.33. The van der Waals surface area contributed by atoms with Crippen LogP contribution in [0.15, 0.2) is 122 Å². The van der Waals surface area contributed by atoms with Crippen molar-refractivity contribution < 1.29 is 28.6 Å². The van der Waals surface area contributed by atoms with Crippen LogP contribution in [-0.4, -0.2) is 37.2 Å². The Morgan fingerprint density at radius 2 is 0.481 bits per heavy atom.